The van der Waals surface area contributed by atoms with Crippen molar-refractivity contribution in [2.45, 2.75) is 32.7 Å². The Morgan fingerprint density at radius 3 is 2.59 bits per heavy atom. The number of rotatable bonds is 7. The van der Waals surface area contributed by atoms with Gasteiger partial charge in [-0.2, -0.15) is 0 Å². The second-order valence-corrected chi connectivity index (χ2v) is 8.71. The first kappa shape index (κ1) is 20.8. The molecule has 0 N–H and O–H groups in total. The lowest BCUT2D eigenvalue weighted by molar-refractivity contribution is -0.385. The van der Waals surface area contributed by atoms with E-state index in [-0.39, 0.29) is 22.8 Å². The maximum atomic E-state index is 12.4. The Hall–Kier alpha value is -2.49. The molecule has 0 saturated carbocycles. The molecule has 0 spiro atoms. The van der Waals surface area contributed by atoms with Crippen LogP contribution in [0.4, 0.5) is 5.69 Å². The first-order valence-electron chi connectivity index (χ1n) is 8.56. The van der Waals surface area contributed by atoms with Crippen molar-refractivity contribution in [2.24, 2.45) is 0 Å². The molecule has 1 saturated heterocycles. The summed E-state index contributed by atoms with van der Waals surface area (Å²) >= 11 is 0. The summed E-state index contributed by atoms with van der Waals surface area (Å²) in [7, 11) is -3.14. The number of carbonyl (C=O) groups is 2. The van der Waals surface area contributed by atoms with Crippen LogP contribution in [-0.4, -0.2) is 60.8 Å². The van der Waals surface area contributed by atoms with Gasteiger partial charge in [0.05, 0.1) is 22.0 Å². The predicted molar refractivity (Wildman–Crippen MR) is 97.2 cm³/mol. The summed E-state index contributed by atoms with van der Waals surface area (Å²) in [5, 5.41) is 10.8. The molecule has 1 aromatic carbocycles. The van der Waals surface area contributed by atoms with Crippen molar-refractivity contribution in [1.82, 2.24) is 4.90 Å². The summed E-state index contributed by atoms with van der Waals surface area (Å²) < 4.78 is 28.4. The number of hydrogen-bond donors (Lipinski definition) is 0. The molecular weight excluding hydrogens is 376 g/mol. The summed E-state index contributed by atoms with van der Waals surface area (Å²) in [6.45, 7) is 3.25. The van der Waals surface area contributed by atoms with Crippen LogP contribution in [0.15, 0.2) is 18.2 Å². The average molecular weight is 398 g/mol. The SMILES string of the molecule is CCCN(C(=O)COC(=O)c1ccc([N+](=O)[O-])c(C)c1)[C@H]1CCS(=O)(=O)C1. The van der Waals surface area contributed by atoms with Gasteiger partial charge in [0, 0.05) is 24.2 Å². The Balaban J connectivity index is 2.01. The minimum absolute atomic E-state index is 0.0486. The van der Waals surface area contributed by atoms with Crippen molar-refractivity contribution in [3.05, 3.63) is 39.4 Å². The molecule has 1 aromatic rings. The van der Waals surface area contributed by atoms with E-state index in [1.165, 1.54) is 30.0 Å². The number of nitro benzene ring substituents is 1. The van der Waals surface area contributed by atoms with Crippen LogP contribution in [0.25, 0.3) is 0 Å². The lowest BCUT2D eigenvalue weighted by Gasteiger charge is -2.27. The van der Waals surface area contributed by atoms with E-state index in [2.05, 4.69) is 0 Å². The van der Waals surface area contributed by atoms with E-state index in [9.17, 15) is 28.1 Å². The van der Waals surface area contributed by atoms with Gasteiger partial charge in [-0.3, -0.25) is 14.9 Å². The Bertz CT molecular complexity index is 851. The lowest BCUT2D eigenvalue weighted by Crippen LogP contribution is -2.43. The fraction of sp³-hybridized carbons (Fsp3) is 0.529. The molecule has 9 nitrogen and oxygen atoms in total. The van der Waals surface area contributed by atoms with E-state index in [0.717, 1.165) is 0 Å². The summed E-state index contributed by atoms with van der Waals surface area (Å²) in [6, 6.07) is 3.41. The topological polar surface area (TPSA) is 124 Å². The van der Waals surface area contributed by atoms with Crippen LogP contribution in [0.5, 0.6) is 0 Å². The lowest BCUT2D eigenvalue weighted by atomic mass is 10.1. The number of amides is 1. The molecule has 0 aliphatic carbocycles. The zero-order valence-electron chi connectivity index (χ0n) is 15.2. The molecule has 27 heavy (non-hydrogen) atoms. The number of carbonyl (C=O) groups excluding carboxylic acids is 2. The third kappa shape index (κ3) is 5.25. The second-order valence-electron chi connectivity index (χ2n) is 6.48. The van der Waals surface area contributed by atoms with Crippen LogP contribution < -0.4 is 0 Å². The molecule has 1 heterocycles. The Morgan fingerprint density at radius 1 is 1.37 bits per heavy atom. The number of nitrogens with zero attached hydrogens (tertiary/aromatic N) is 2. The van der Waals surface area contributed by atoms with Crippen LogP contribution in [0.3, 0.4) is 0 Å². The first-order chi connectivity index (χ1) is 12.6. The quantitative estimate of drug-likeness (QED) is 0.387. The standard InChI is InChI=1S/C17H22N2O7S/c1-3-7-18(14-6-8-27(24,25)11-14)16(20)10-26-17(21)13-4-5-15(19(22)23)12(2)9-13/h4-5,9,14H,3,6-8,10-11H2,1-2H3/t14-/m0/s1. The molecule has 0 bridgehead atoms. The molecule has 148 valence electrons. The number of hydrogen-bond acceptors (Lipinski definition) is 7. The van der Waals surface area contributed by atoms with Crippen molar-refractivity contribution in [1.29, 1.82) is 0 Å². The van der Waals surface area contributed by atoms with Gasteiger partial charge in [-0.1, -0.05) is 6.92 Å². The largest absolute Gasteiger partial charge is 0.452 e. The third-order valence-electron chi connectivity index (χ3n) is 4.39. The number of aryl methyl sites for hydroxylation is 1. The van der Waals surface area contributed by atoms with Crippen molar-refractivity contribution in [3.8, 4) is 0 Å². The fourth-order valence-electron chi connectivity index (χ4n) is 3.05. The predicted octanol–water partition coefficient (Wildman–Crippen LogP) is 1.49. The van der Waals surface area contributed by atoms with Crippen LogP contribution in [0, 0.1) is 17.0 Å². The Labute approximate surface area is 157 Å². The molecule has 10 heteroatoms. The van der Waals surface area contributed by atoms with Gasteiger partial charge in [-0.25, -0.2) is 13.2 Å². The molecular formula is C17H22N2O7S. The number of benzene rings is 1. The zero-order chi connectivity index (χ0) is 20.2. The highest BCUT2D eigenvalue weighted by atomic mass is 32.2. The minimum Gasteiger partial charge on any atom is -0.452 e. The number of esters is 1. The van der Waals surface area contributed by atoms with E-state index in [1.54, 1.807) is 0 Å². The van der Waals surface area contributed by atoms with Gasteiger partial charge in [0.15, 0.2) is 16.4 Å². The molecule has 1 aliphatic rings. The van der Waals surface area contributed by atoms with E-state index in [1.807, 2.05) is 6.92 Å². The summed E-state index contributed by atoms with van der Waals surface area (Å²) in [5.41, 5.74) is 0.306. The molecule has 0 unspecified atom stereocenters. The average Bonchev–Trinajstić information content (AvgIpc) is 2.96. The van der Waals surface area contributed by atoms with E-state index in [0.29, 0.717) is 24.9 Å². The highest BCUT2D eigenvalue weighted by Crippen LogP contribution is 2.20. The van der Waals surface area contributed by atoms with E-state index < -0.39 is 39.3 Å². The van der Waals surface area contributed by atoms with Crippen molar-refractivity contribution in [3.63, 3.8) is 0 Å². The van der Waals surface area contributed by atoms with Crippen LogP contribution >= 0.6 is 0 Å². The van der Waals surface area contributed by atoms with Gasteiger partial charge in [0.25, 0.3) is 11.6 Å². The maximum Gasteiger partial charge on any atom is 0.338 e. The summed E-state index contributed by atoms with van der Waals surface area (Å²) in [5.74, 6) is -1.25. The van der Waals surface area contributed by atoms with Crippen LogP contribution in [0.1, 0.15) is 35.7 Å². The van der Waals surface area contributed by atoms with Gasteiger partial charge in [0.2, 0.25) is 0 Å². The van der Waals surface area contributed by atoms with Crippen LogP contribution in [0.2, 0.25) is 0 Å². The highest BCUT2D eigenvalue weighted by molar-refractivity contribution is 7.91. The highest BCUT2D eigenvalue weighted by Gasteiger charge is 2.34. The number of ether oxygens (including phenoxy) is 1. The smallest absolute Gasteiger partial charge is 0.338 e. The van der Waals surface area contributed by atoms with Gasteiger partial charge < -0.3 is 9.64 Å². The van der Waals surface area contributed by atoms with Gasteiger partial charge in [-0.05, 0) is 31.9 Å². The van der Waals surface area contributed by atoms with Gasteiger partial charge >= 0.3 is 5.97 Å². The van der Waals surface area contributed by atoms with Gasteiger partial charge in [0.1, 0.15) is 0 Å². The zero-order valence-corrected chi connectivity index (χ0v) is 16.0. The molecule has 1 amide bonds. The molecule has 1 fully saturated rings. The molecule has 2 rings (SSSR count). The fourth-order valence-corrected chi connectivity index (χ4v) is 4.78. The summed E-state index contributed by atoms with van der Waals surface area (Å²) in [6.07, 6.45) is 1.03. The Kier molecular flexibility index (Phi) is 6.53. The minimum atomic E-state index is -3.14. The van der Waals surface area contributed by atoms with Crippen molar-refractivity contribution >= 4 is 27.4 Å². The molecule has 1 aliphatic heterocycles. The summed E-state index contributed by atoms with van der Waals surface area (Å²) in [4.78, 5) is 36.3. The molecule has 0 aromatic heterocycles. The van der Waals surface area contributed by atoms with E-state index in [4.69, 9.17) is 4.74 Å². The third-order valence-corrected chi connectivity index (χ3v) is 6.14. The monoisotopic (exact) mass is 398 g/mol. The van der Waals surface area contributed by atoms with Crippen molar-refractivity contribution < 1.29 is 27.7 Å². The normalized spacial score (nSPS) is 18.1. The maximum absolute atomic E-state index is 12.4. The van der Waals surface area contributed by atoms with Crippen LogP contribution in [-0.2, 0) is 19.4 Å². The number of nitro groups is 1. The molecule has 0 radical (unpaired) electrons. The Morgan fingerprint density at radius 2 is 2.07 bits per heavy atom. The van der Waals surface area contributed by atoms with E-state index >= 15 is 0 Å². The van der Waals surface area contributed by atoms with Gasteiger partial charge in [-0.15, -0.1) is 0 Å². The number of sulfone groups is 1. The first-order valence-corrected chi connectivity index (χ1v) is 10.4. The second kappa shape index (κ2) is 8.47. The van der Waals surface area contributed by atoms with Crippen molar-refractivity contribution in [2.75, 3.05) is 24.7 Å². The molecule has 1 atom stereocenters.